The van der Waals surface area contributed by atoms with Crippen LogP contribution in [0, 0.1) is 0 Å². The summed E-state index contributed by atoms with van der Waals surface area (Å²) in [6.07, 6.45) is -7.97. The normalized spacial score (nSPS) is 12.9. The van der Waals surface area contributed by atoms with Crippen LogP contribution in [0.1, 0.15) is 11.1 Å². The molecule has 0 heterocycles. The second-order valence-corrected chi connectivity index (χ2v) is 3.76. The van der Waals surface area contributed by atoms with Crippen molar-refractivity contribution in [2.24, 2.45) is 0 Å². The Morgan fingerprint density at radius 1 is 0.938 bits per heavy atom. The highest BCUT2D eigenvalue weighted by atomic mass is 32.2. The molecule has 16 heavy (non-hydrogen) atoms. The van der Waals surface area contributed by atoms with Crippen LogP contribution >= 0.6 is 11.8 Å². The molecule has 0 radical (unpaired) electrons. The van der Waals surface area contributed by atoms with E-state index in [2.05, 4.69) is 0 Å². The topological polar surface area (TPSA) is 0 Å². The molecule has 1 aromatic carbocycles. The molecule has 0 atom stereocenters. The molecule has 0 aliphatic rings. The molecule has 0 aromatic heterocycles. The van der Waals surface area contributed by atoms with Gasteiger partial charge in [0.15, 0.2) is 0 Å². The van der Waals surface area contributed by atoms with Crippen molar-refractivity contribution in [1.29, 1.82) is 0 Å². The van der Waals surface area contributed by atoms with Crippen molar-refractivity contribution in [3.05, 3.63) is 29.3 Å². The summed E-state index contributed by atoms with van der Waals surface area (Å²) in [6.45, 7) is 0. The molecular weight excluding hydrogens is 254 g/mol. The van der Waals surface area contributed by atoms with Gasteiger partial charge in [0.1, 0.15) is 0 Å². The maximum atomic E-state index is 12.4. The van der Waals surface area contributed by atoms with E-state index in [1.54, 1.807) is 0 Å². The van der Waals surface area contributed by atoms with Crippen molar-refractivity contribution in [3.63, 3.8) is 0 Å². The fourth-order valence-corrected chi connectivity index (χ4v) is 1.75. The van der Waals surface area contributed by atoms with Gasteiger partial charge in [-0.15, -0.1) is 11.8 Å². The fourth-order valence-electron chi connectivity index (χ4n) is 1.10. The molecule has 0 N–H and O–H groups in total. The molecule has 1 aromatic rings. The van der Waals surface area contributed by atoms with Gasteiger partial charge < -0.3 is 0 Å². The Kier molecular flexibility index (Phi) is 3.47. The molecule has 0 unspecified atom stereocenters. The Morgan fingerprint density at radius 2 is 1.50 bits per heavy atom. The first-order valence-corrected chi connectivity index (χ1v) is 5.21. The molecule has 0 fully saturated rings. The van der Waals surface area contributed by atoms with Crippen LogP contribution in [0.5, 0.6) is 0 Å². The summed E-state index contributed by atoms with van der Waals surface area (Å²) in [5.41, 5.74) is -2.13. The standard InChI is InChI=1S/C9H6F6S/c1-16-7-4-5(8(10,11)12)2-3-6(7)9(13,14)15/h2-4H,1H3. The van der Waals surface area contributed by atoms with Crippen LogP contribution in [0.2, 0.25) is 0 Å². The van der Waals surface area contributed by atoms with Crippen LogP contribution in [0.15, 0.2) is 23.1 Å². The molecule has 0 amide bonds. The highest BCUT2D eigenvalue weighted by Gasteiger charge is 2.36. The lowest BCUT2D eigenvalue weighted by atomic mass is 10.1. The maximum absolute atomic E-state index is 12.4. The van der Waals surface area contributed by atoms with Gasteiger partial charge in [-0.1, -0.05) is 0 Å². The van der Waals surface area contributed by atoms with Crippen LogP contribution in [0.3, 0.4) is 0 Å². The summed E-state index contributed by atoms with van der Waals surface area (Å²) < 4.78 is 73.8. The Bertz CT molecular complexity index is 379. The highest BCUT2D eigenvalue weighted by Crippen LogP contribution is 2.39. The first-order valence-electron chi connectivity index (χ1n) is 3.98. The SMILES string of the molecule is CSc1cc(C(F)(F)F)ccc1C(F)(F)F. The quantitative estimate of drug-likeness (QED) is 0.531. The second-order valence-electron chi connectivity index (χ2n) is 2.91. The Labute approximate surface area is 91.6 Å². The first kappa shape index (κ1) is 13.2. The molecule has 90 valence electrons. The van der Waals surface area contributed by atoms with Gasteiger partial charge in [-0.25, -0.2) is 0 Å². The van der Waals surface area contributed by atoms with Gasteiger partial charge in [-0.3, -0.25) is 0 Å². The maximum Gasteiger partial charge on any atom is 0.417 e. The summed E-state index contributed by atoms with van der Waals surface area (Å²) in [5.74, 6) is 0. The van der Waals surface area contributed by atoms with E-state index >= 15 is 0 Å². The average Bonchev–Trinajstić information content (AvgIpc) is 2.14. The summed E-state index contributed by atoms with van der Waals surface area (Å²) in [6, 6.07) is 1.39. The van der Waals surface area contributed by atoms with Gasteiger partial charge in [0.25, 0.3) is 0 Å². The Morgan fingerprint density at radius 3 is 1.88 bits per heavy atom. The lowest BCUT2D eigenvalue weighted by Crippen LogP contribution is -2.10. The number of thioether (sulfide) groups is 1. The van der Waals surface area contributed by atoms with Gasteiger partial charge in [0.05, 0.1) is 11.1 Å². The molecule has 7 heteroatoms. The summed E-state index contributed by atoms with van der Waals surface area (Å²) in [5, 5.41) is 0. The van der Waals surface area contributed by atoms with Crippen LogP contribution in [0.4, 0.5) is 26.3 Å². The lowest BCUT2D eigenvalue weighted by Gasteiger charge is -2.14. The largest absolute Gasteiger partial charge is 0.417 e. The number of alkyl halides is 6. The fraction of sp³-hybridized carbons (Fsp3) is 0.333. The van der Waals surface area contributed by atoms with Crippen LogP contribution in [-0.2, 0) is 12.4 Å². The highest BCUT2D eigenvalue weighted by molar-refractivity contribution is 7.98. The van der Waals surface area contributed by atoms with Crippen LogP contribution in [-0.4, -0.2) is 6.26 Å². The van der Waals surface area contributed by atoms with Gasteiger partial charge in [-0.05, 0) is 24.5 Å². The van der Waals surface area contributed by atoms with Crippen LogP contribution in [0.25, 0.3) is 0 Å². The van der Waals surface area contributed by atoms with E-state index in [1.807, 2.05) is 0 Å². The first-order chi connectivity index (χ1) is 7.16. The third-order valence-corrected chi connectivity index (χ3v) is 2.61. The van der Waals surface area contributed by atoms with Gasteiger partial charge in [0.2, 0.25) is 0 Å². The van der Waals surface area contributed by atoms with E-state index in [0.29, 0.717) is 30.0 Å². The molecule has 0 nitrogen and oxygen atoms in total. The molecule has 0 saturated carbocycles. The minimum absolute atomic E-state index is 0.428. The summed E-state index contributed by atoms with van der Waals surface area (Å²) in [7, 11) is 0. The zero-order chi connectivity index (χ0) is 12.6. The van der Waals surface area contributed by atoms with E-state index in [1.165, 1.54) is 6.26 Å². The molecular formula is C9H6F6S. The van der Waals surface area contributed by atoms with Crippen molar-refractivity contribution in [3.8, 4) is 0 Å². The molecule has 0 aliphatic carbocycles. The van der Waals surface area contributed by atoms with Crippen LogP contribution < -0.4 is 0 Å². The van der Waals surface area contributed by atoms with E-state index in [0.717, 1.165) is 0 Å². The second kappa shape index (κ2) is 4.20. The van der Waals surface area contributed by atoms with E-state index < -0.39 is 28.4 Å². The van der Waals surface area contributed by atoms with E-state index in [9.17, 15) is 26.3 Å². The summed E-state index contributed by atoms with van der Waals surface area (Å²) >= 11 is 0.633. The minimum Gasteiger partial charge on any atom is -0.166 e. The molecule has 0 aliphatic heterocycles. The lowest BCUT2D eigenvalue weighted by molar-refractivity contribution is -0.143. The van der Waals surface area contributed by atoms with E-state index in [4.69, 9.17) is 0 Å². The molecule has 1 rings (SSSR count). The minimum atomic E-state index is -4.64. The zero-order valence-electron chi connectivity index (χ0n) is 7.91. The van der Waals surface area contributed by atoms with Crippen molar-refractivity contribution in [2.75, 3.05) is 6.26 Å². The van der Waals surface area contributed by atoms with Crippen molar-refractivity contribution in [1.82, 2.24) is 0 Å². The number of rotatable bonds is 1. The predicted molar refractivity (Wildman–Crippen MR) is 48.2 cm³/mol. The third kappa shape index (κ3) is 2.84. The van der Waals surface area contributed by atoms with Crippen molar-refractivity contribution < 1.29 is 26.3 Å². The predicted octanol–water partition coefficient (Wildman–Crippen LogP) is 4.45. The molecule has 0 spiro atoms. The Hall–Kier alpha value is -0.850. The zero-order valence-corrected chi connectivity index (χ0v) is 8.72. The number of halogens is 6. The van der Waals surface area contributed by atoms with Gasteiger partial charge >= 0.3 is 12.4 Å². The average molecular weight is 260 g/mol. The molecule has 0 bridgehead atoms. The van der Waals surface area contributed by atoms with Gasteiger partial charge in [-0.2, -0.15) is 26.3 Å². The number of hydrogen-bond acceptors (Lipinski definition) is 1. The monoisotopic (exact) mass is 260 g/mol. The van der Waals surface area contributed by atoms with Crippen molar-refractivity contribution in [2.45, 2.75) is 17.2 Å². The van der Waals surface area contributed by atoms with E-state index in [-0.39, 0.29) is 0 Å². The molecule has 0 saturated heterocycles. The number of hydrogen-bond donors (Lipinski definition) is 0. The third-order valence-electron chi connectivity index (χ3n) is 1.83. The summed E-state index contributed by atoms with van der Waals surface area (Å²) in [4.78, 5) is -0.428. The Balaban J connectivity index is 3.28. The van der Waals surface area contributed by atoms with Gasteiger partial charge in [0, 0.05) is 4.90 Å². The number of benzene rings is 1. The van der Waals surface area contributed by atoms with Crippen molar-refractivity contribution >= 4 is 11.8 Å². The smallest absolute Gasteiger partial charge is 0.166 e.